The van der Waals surface area contributed by atoms with E-state index in [1.807, 2.05) is 0 Å². The average molecular weight is 511 g/mol. The number of thiophene rings is 1. The number of carbonyl (C=O) groups excluding carboxylic acids is 1. The first-order valence-electron chi connectivity index (χ1n) is 10.2. The number of carbonyl (C=O) groups is 1. The second kappa shape index (κ2) is 9.41. The number of aromatic nitrogens is 2. The normalized spacial score (nSPS) is 17.2. The monoisotopic (exact) mass is 510 g/mol. The van der Waals surface area contributed by atoms with Crippen LogP contribution in [-0.4, -0.2) is 49.0 Å². The number of methoxy groups -OCH3 is 1. The number of sulfonamides is 1. The Morgan fingerprint density at radius 2 is 2.12 bits per heavy atom. The molecule has 1 amide bonds. The van der Waals surface area contributed by atoms with Gasteiger partial charge in [0.1, 0.15) is 5.75 Å². The van der Waals surface area contributed by atoms with Gasteiger partial charge in [-0.3, -0.25) is 4.79 Å². The summed E-state index contributed by atoms with van der Waals surface area (Å²) in [6, 6.07) is 6.50. The Morgan fingerprint density at radius 3 is 2.82 bits per heavy atom. The molecule has 33 heavy (non-hydrogen) atoms. The zero-order valence-corrected chi connectivity index (χ0v) is 20.7. The van der Waals surface area contributed by atoms with E-state index >= 15 is 0 Å². The molecular formula is C21H23ClN4O5S2. The average Bonchev–Trinajstić information content (AvgIpc) is 3.40. The van der Waals surface area contributed by atoms with E-state index in [1.165, 1.54) is 22.8 Å². The Kier molecular flexibility index (Phi) is 6.76. The minimum absolute atomic E-state index is 0.0863. The summed E-state index contributed by atoms with van der Waals surface area (Å²) in [5, 5.41) is 7.16. The third-order valence-corrected chi connectivity index (χ3v) is 8.81. The summed E-state index contributed by atoms with van der Waals surface area (Å²) in [5.74, 6) is 0.456. The smallest absolute Gasteiger partial charge is 0.244 e. The highest BCUT2D eigenvalue weighted by Gasteiger charge is 2.35. The van der Waals surface area contributed by atoms with Gasteiger partial charge in [-0.05, 0) is 44.0 Å². The highest BCUT2D eigenvalue weighted by atomic mass is 35.5. The van der Waals surface area contributed by atoms with Crippen LogP contribution in [0.2, 0.25) is 5.02 Å². The topological polar surface area (TPSA) is 115 Å². The Bertz CT molecular complexity index is 1290. The van der Waals surface area contributed by atoms with Crippen molar-refractivity contribution >= 4 is 44.6 Å². The standard InChI is InChI=1S/C21H23ClN4O5S2/c1-12-19(10-18(32-12)20-23-13(2)31-25-20)33(28,29)26-8-4-5-14(11-26)21(27)24-16-9-15(22)6-7-17(16)30-3/h6-7,9-10,14H,4-5,8,11H2,1-3H3,(H,24,27)/t14-/m1/s1. The number of nitrogens with one attached hydrogen (secondary N) is 1. The zero-order valence-electron chi connectivity index (χ0n) is 18.3. The molecule has 0 aliphatic carbocycles. The van der Waals surface area contributed by atoms with E-state index in [1.54, 1.807) is 38.1 Å². The second-order valence-corrected chi connectivity index (χ2v) is 11.3. The van der Waals surface area contributed by atoms with Crippen LogP contribution in [-0.2, 0) is 14.8 Å². The van der Waals surface area contributed by atoms with Gasteiger partial charge in [0.2, 0.25) is 27.6 Å². The number of ether oxygens (including phenoxy) is 1. The predicted octanol–water partition coefficient (Wildman–Crippen LogP) is 4.12. The van der Waals surface area contributed by atoms with E-state index < -0.39 is 15.9 Å². The van der Waals surface area contributed by atoms with Crippen molar-refractivity contribution in [2.45, 2.75) is 31.6 Å². The summed E-state index contributed by atoms with van der Waals surface area (Å²) in [5.41, 5.74) is 0.448. The third kappa shape index (κ3) is 4.91. The molecule has 1 aliphatic heterocycles. The van der Waals surface area contributed by atoms with Gasteiger partial charge < -0.3 is 14.6 Å². The van der Waals surface area contributed by atoms with Crippen LogP contribution in [0.3, 0.4) is 0 Å². The molecule has 3 heterocycles. The molecule has 0 bridgehead atoms. The molecule has 3 aromatic rings. The Labute approximate surface area is 200 Å². The summed E-state index contributed by atoms with van der Waals surface area (Å²) < 4.78 is 38.5. The summed E-state index contributed by atoms with van der Waals surface area (Å²) in [7, 11) is -2.30. The molecule has 0 saturated carbocycles. The molecule has 1 fully saturated rings. The number of aryl methyl sites for hydroxylation is 2. The molecule has 1 saturated heterocycles. The predicted molar refractivity (Wildman–Crippen MR) is 125 cm³/mol. The van der Waals surface area contributed by atoms with Crippen molar-refractivity contribution < 1.29 is 22.5 Å². The number of benzene rings is 1. The number of anilines is 1. The van der Waals surface area contributed by atoms with Gasteiger partial charge >= 0.3 is 0 Å². The SMILES string of the molecule is COc1ccc(Cl)cc1NC(=O)[C@@H]1CCCN(S(=O)(=O)c2cc(-c3noc(C)n3)sc2C)C1. The highest BCUT2D eigenvalue weighted by molar-refractivity contribution is 7.89. The van der Waals surface area contributed by atoms with Gasteiger partial charge in [0, 0.05) is 29.9 Å². The molecule has 0 spiro atoms. The lowest BCUT2D eigenvalue weighted by Gasteiger charge is -2.31. The molecule has 4 rings (SSSR count). The first-order valence-corrected chi connectivity index (χ1v) is 12.9. The van der Waals surface area contributed by atoms with E-state index in [4.69, 9.17) is 20.9 Å². The number of halogens is 1. The molecule has 2 aromatic heterocycles. The van der Waals surface area contributed by atoms with Crippen molar-refractivity contribution in [1.29, 1.82) is 0 Å². The molecule has 1 atom stereocenters. The number of rotatable bonds is 6. The molecular weight excluding hydrogens is 488 g/mol. The maximum Gasteiger partial charge on any atom is 0.244 e. The maximum absolute atomic E-state index is 13.4. The van der Waals surface area contributed by atoms with E-state index in [0.29, 0.717) is 57.3 Å². The number of nitrogens with zero attached hydrogens (tertiary/aromatic N) is 3. The summed E-state index contributed by atoms with van der Waals surface area (Å²) in [6.07, 6.45) is 1.15. The molecule has 1 N–H and O–H groups in total. The number of hydrogen-bond acceptors (Lipinski definition) is 8. The maximum atomic E-state index is 13.4. The number of hydrogen-bond donors (Lipinski definition) is 1. The molecule has 9 nitrogen and oxygen atoms in total. The van der Waals surface area contributed by atoms with Crippen LogP contribution >= 0.6 is 22.9 Å². The van der Waals surface area contributed by atoms with E-state index in [9.17, 15) is 13.2 Å². The van der Waals surface area contributed by atoms with Crippen LogP contribution in [0.25, 0.3) is 10.7 Å². The molecule has 1 aromatic carbocycles. The van der Waals surface area contributed by atoms with E-state index in [2.05, 4.69) is 15.5 Å². The number of piperidine rings is 1. The minimum atomic E-state index is -3.80. The fourth-order valence-corrected chi connectivity index (χ4v) is 6.94. The lowest BCUT2D eigenvalue weighted by molar-refractivity contribution is -0.120. The van der Waals surface area contributed by atoms with Crippen molar-refractivity contribution in [1.82, 2.24) is 14.4 Å². The largest absolute Gasteiger partial charge is 0.495 e. The van der Waals surface area contributed by atoms with Gasteiger partial charge in [0.05, 0.1) is 28.5 Å². The van der Waals surface area contributed by atoms with Crippen molar-refractivity contribution in [3.63, 3.8) is 0 Å². The van der Waals surface area contributed by atoms with Gasteiger partial charge in [0.25, 0.3) is 0 Å². The quantitative estimate of drug-likeness (QED) is 0.530. The molecule has 1 aliphatic rings. The lowest BCUT2D eigenvalue weighted by Crippen LogP contribution is -2.43. The summed E-state index contributed by atoms with van der Waals surface area (Å²) in [6.45, 7) is 3.85. The fraction of sp³-hybridized carbons (Fsp3) is 0.381. The van der Waals surface area contributed by atoms with Gasteiger partial charge in [-0.1, -0.05) is 16.8 Å². The van der Waals surface area contributed by atoms with Crippen LogP contribution < -0.4 is 10.1 Å². The molecule has 12 heteroatoms. The molecule has 0 radical (unpaired) electrons. The Balaban J connectivity index is 1.53. The van der Waals surface area contributed by atoms with Crippen LogP contribution in [0.1, 0.15) is 23.6 Å². The highest BCUT2D eigenvalue weighted by Crippen LogP contribution is 2.35. The first-order chi connectivity index (χ1) is 15.7. The van der Waals surface area contributed by atoms with Crippen molar-refractivity contribution in [3.8, 4) is 16.5 Å². The second-order valence-electron chi connectivity index (χ2n) is 7.70. The summed E-state index contributed by atoms with van der Waals surface area (Å²) >= 11 is 7.34. The van der Waals surface area contributed by atoms with Crippen LogP contribution in [0, 0.1) is 19.8 Å². The van der Waals surface area contributed by atoms with Crippen molar-refractivity contribution in [3.05, 3.63) is 40.1 Å². The lowest BCUT2D eigenvalue weighted by atomic mass is 9.98. The Hall–Kier alpha value is -2.47. The van der Waals surface area contributed by atoms with Crippen molar-refractivity contribution in [2.24, 2.45) is 5.92 Å². The minimum Gasteiger partial charge on any atom is -0.495 e. The van der Waals surface area contributed by atoms with Gasteiger partial charge in [0.15, 0.2) is 0 Å². The van der Waals surface area contributed by atoms with Gasteiger partial charge in [-0.25, -0.2) is 8.42 Å². The third-order valence-electron chi connectivity index (χ3n) is 5.41. The Morgan fingerprint density at radius 1 is 1.33 bits per heavy atom. The molecule has 176 valence electrons. The number of amides is 1. The fourth-order valence-electron chi connectivity index (χ4n) is 3.76. The van der Waals surface area contributed by atoms with Gasteiger partial charge in [-0.2, -0.15) is 9.29 Å². The van der Waals surface area contributed by atoms with E-state index in [-0.39, 0.29) is 17.3 Å². The summed E-state index contributed by atoms with van der Waals surface area (Å²) in [4.78, 5) is 18.6. The van der Waals surface area contributed by atoms with Crippen LogP contribution in [0.4, 0.5) is 5.69 Å². The van der Waals surface area contributed by atoms with Crippen LogP contribution in [0.5, 0.6) is 5.75 Å². The molecule has 0 unspecified atom stereocenters. The zero-order chi connectivity index (χ0) is 23.8. The van der Waals surface area contributed by atoms with Gasteiger partial charge in [-0.15, -0.1) is 11.3 Å². The van der Waals surface area contributed by atoms with Crippen LogP contribution in [0.15, 0.2) is 33.7 Å². The first kappa shape index (κ1) is 23.7. The van der Waals surface area contributed by atoms with E-state index in [0.717, 1.165) is 0 Å². The van der Waals surface area contributed by atoms with Crippen molar-refractivity contribution in [2.75, 3.05) is 25.5 Å².